The lowest BCUT2D eigenvalue weighted by atomic mass is 10.2. The lowest BCUT2D eigenvalue weighted by Gasteiger charge is -2.11. The van der Waals surface area contributed by atoms with E-state index >= 15 is 0 Å². The first-order chi connectivity index (χ1) is 12.0. The highest BCUT2D eigenvalue weighted by atomic mass is 16.3. The number of hydrogen-bond donors (Lipinski definition) is 2. The van der Waals surface area contributed by atoms with Gasteiger partial charge in [-0.05, 0) is 32.0 Å². The van der Waals surface area contributed by atoms with E-state index < -0.39 is 11.8 Å². The van der Waals surface area contributed by atoms with E-state index in [0.717, 1.165) is 0 Å². The molecular formula is C18H17N3O4. The third kappa shape index (κ3) is 3.45. The van der Waals surface area contributed by atoms with Gasteiger partial charge in [-0.1, -0.05) is 12.1 Å². The fraction of sp³-hybridized carbons (Fsp3) is 0.167. The predicted molar refractivity (Wildman–Crippen MR) is 92.0 cm³/mol. The van der Waals surface area contributed by atoms with Gasteiger partial charge in [0.1, 0.15) is 18.1 Å². The average Bonchev–Trinajstić information content (AvgIpc) is 2.94. The molecule has 128 valence electrons. The SMILES string of the molecule is Cc1cc(C(=O)NNC(=O)Cn2ccc(=O)c3ccccc32)c(C)o1. The molecule has 25 heavy (non-hydrogen) atoms. The molecule has 0 fully saturated rings. The minimum atomic E-state index is -0.451. The van der Waals surface area contributed by atoms with E-state index in [9.17, 15) is 14.4 Å². The molecule has 3 aromatic rings. The zero-order chi connectivity index (χ0) is 18.0. The van der Waals surface area contributed by atoms with Crippen LogP contribution in [0, 0.1) is 13.8 Å². The second kappa shape index (κ2) is 6.64. The second-order valence-electron chi connectivity index (χ2n) is 5.65. The third-order valence-corrected chi connectivity index (χ3v) is 3.80. The quantitative estimate of drug-likeness (QED) is 0.710. The van der Waals surface area contributed by atoms with E-state index in [1.54, 1.807) is 54.9 Å². The molecule has 0 unspecified atom stereocenters. The summed E-state index contributed by atoms with van der Waals surface area (Å²) in [5.74, 6) is 0.233. The fourth-order valence-electron chi connectivity index (χ4n) is 2.64. The Kier molecular flexibility index (Phi) is 4.38. The Bertz CT molecular complexity index is 1020. The molecule has 3 rings (SSSR count). The Hall–Kier alpha value is -3.35. The number of hydrazine groups is 1. The number of fused-ring (bicyclic) bond motifs is 1. The number of carbonyl (C=O) groups excluding carboxylic acids is 2. The maximum Gasteiger partial charge on any atom is 0.273 e. The van der Waals surface area contributed by atoms with Crippen molar-refractivity contribution in [1.29, 1.82) is 0 Å². The molecular weight excluding hydrogens is 322 g/mol. The van der Waals surface area contributed by atoms with E-state index in [0.29, 0.717) is 28.0 Å². The van der Waals surface area contributed by atoms with E-state index in [1.807, 2.05) is 0 Å². The summed E-state index contributed by atoms with van der Waals surface area (Å²) in [4.78, 5) is 36.0. The second-order valence-corrected chi connectivity index (χ2v) is 5.65. The van der Waals surface area contributed by atoms with Crippen LogP contribution in [-0.4, -0.2) is 16.4 Å². The first kappa shape index (κ1) is 16.5. The van der Waals surface area contributed by atoms with E-state index in [1.165, 1.54) is 6.07 Å². The number of aryl methyl sites for hydroxylation is 2. The van der Waals surface area contributed by atoms with Crippen LogP contribution in [0.2, 0.25) is 0 Å². The molecule has 0 radical (unpaired) electrons. The number of aromatic nitrogens is 1. The zero-order valence-corrected chi connectivity index (χ0v) is 13.8. The number of nitrogens with zero attached hydrogens (tertiary/aromatic N) is 1. The summed E-state index contributed by atoms with van der Waals surface area (Å²) in [6.07, 6.45) is 1.55. The number of hydrogen-bond acceptors (Lipinski definition) is 4. The average molecular weight is 339 g/mol. The largest absolute Gasteiger partial charge is 0.466 e. The molecule has 0 saturated heterocycles. The Morgan fingerprint density at radius 2 is 1.88 bits per heavy atom. The van der Waals surface area contributed by atoms with Gasteiger partial charge in [0.15, 0.2) is 5.43 Å². The smallest absolute Gasteiger partial charge is 0.273 e. The summed E-state index contributed by atoms with van der Waals surface area (Å²) in [5.41, 5.74) is 5.64. The topological polar surface area (TPSA) is 93.3 Å². The summed E-state index contributed by atoms with van der Waals surface area (Å²) < 4.78 is 6.93. The third-order valence-electron chi connectivity index (χ3n) is 3.80. The van der Waals surface area contributed by atoms with E-state index in [2.05, 4.69) is 10.9 Å². The highest BCUT2D eigenvalue weighted by Gasteiger charge is 2.14. The van der Waals surface area contributed by atoms with Crippen molar-refractivity contribution in [3.05, 3.63) is 69.9 Å². The van der Waals surface area contributed by atoms with Crippen LogP contribution >= 0.6 is 0 Å². The standard InChI is InChI=1S/C18H17N3O4/c1-11-9-14(12(2)25-11)18(24)20-19-17(23)10-21-8-7-16(22)13-5-3-4-6-15(13)21/h3-9H,10H2,1-2H3,(H,19,23)(H,20,24). The van der Waals surface area contributed by atoms with Crippen molar-refractivity contribution in [3.8, 4) is 0 Å². The first-order valence-electron chi connectivity index (χ1n) is 7.70. The molecule has 0 aliphatic carbocycles. The molecule has 2 heterocycles. The maximum absolute atomic E-state index is 12.1. The first-order valence-corrected chi connectivity index (χ1v) is 7.70. The number of para-hydroxylation sites is 1. The minimum absolute atomic E-state index is 0.0372. The maximum atomic E-state index is 12.1. The number of carbonyl (C=O) groups is 2. The summed E-state index contributed by atoms with van der Waals surface area (Å²) >= 11 is 0. The number of rotatable bonds is 3. The van der Waals surface area contributed by atoms with Crippen LogP contribution in [0.4, 0.5) is 0 Å². The van der Waals surface area contributed by atoms with E-state index in [4.69, 9.17) is 4.42 Å². The molecule has 0 aliphatic heterocycles. The van der Waals surface area contributed by atoms with Gasteiger partial charge in [0.25, 0.3) is 11.8 Å². The van der Waals surface area contributed by atoms with Gasteiger partial charge in [-0.15, -0.1) is 0 Å². The number of furan rings is 1. The van der Waals surface area contributed by atoms with Gasteiger partial charge in [-0.2, -0.15) is 0 Å². The normalized spacial score (nSPS) is 10.6. The van der Waals surface area contributed by atoms with Gasteiger partial charge >= 0.3 is 0 Å². The van der Waals surface area contributed by atoms with Gasteiger partial charge < -0.3 is 8.98 Å². The van der Waals surface area contributed by atoms with Crippen LogP contribution in [0.1, 0.15) is 21.9 Å². The molecule has 7 nitrogen and oxygen atoms in total. The number of amides is 2. The zero-order valence-electron chi connectivity index (χ0n) is 13.8. The van der Waals surface area contributed by atoms with Crippen LogP contribution in [0.3, 0.4) is 0 Å². The Labute approximate surface area is 143 Å². The van der Waals surface area contributed by atoms with Crippen molar-refractivity contribution in [2.45, 2.75) is 20.4 Å². The molecule has 2 amide bonds. The lowest BCUT2D eigenvalue weighted by molar-refractivity contribution is -0.122. The summed E-state index contributed by atoms with van der Waals surface area (Å²) in [7, 11) is 0. The van der Waals surface area contributed by atoms with Crippen molar-refractivity contribution in [3.63, 3.8) is 0 Å². The monoisotopic (exact) mass is 339 g/mol. The summed E-state index contributed by atoms with van der Waals surface area (Å²) in [6, 6.07) is 10.0. The van der Waals surface area contributed by atoms with Crippen molar-refractivity contribution < 1.29 is 14.0 Å². The van der Waals surface area contributed by atoms with Crippen molar-refractivity contribution >= 4 is 22.7 Å². The number of nitrogens with one attached hydrogen (secondary N) is 2. The molecule has 0 atom stereocenters. The van der Waals surface area contributed by atoms with Crippen LogP contribution in [0.25, 0.3) is 10.9 Å². The minimum Gasteiger partial charge on any atom is -0.466 e. The van der Waals surface area contributed by atoms with Gasteiger partial charge in [0.2, 0.25) is 0 Å². The van der Waals surface area contributed by atoms with Gasteiger partial charge in [0.05, 0.1) is 11.1 Å². The van der Waals surface area contributed by atoms with Crippen molar-refractivity contribution in [2.24, 2.45) is 0 Å². The van der Waals surface area contributed by atoms with Crippen molar-refractivity contribution in [2.75, 3.05) is 0 Å². The molecule has 0 saturated carbocycles. The Morgan fingerprint density at radius 1 is 1.12 bits per heavy atom. The van der Waals surface area contributed by atoms with Gasteiger partial charge in [0, 0.05) is 17.6 Å². The van der Waals surface area contributed by atoms with Gasteiger partial charge in [-0.3, -0.25) is 25.2 Å². The molecule has 0 aliphatic rings. The Balaban J connectivity index is 1.69. The molecule has 1 aromatic carbocycles. The van der Waals surface area contributed by atoms with Crippen molar-refractivity contribution in [1.82, 2.24) is 15.4 Å². The summed E-state index contributed by atoms with van der Waals surface area (Å²) in [6.45, 7) is 3.38. The summed E-state index contributed by atoms with van der Waals surface area (Å²) in [5, 5.41) is 0.534. The highest BCUT2D eigenvalue weighted by molar-refractivity contribution is 5.96. The van der Waals surface area contributed by atoms with Gasteiger partial charge in [-0.25, -0.2) is 0 Å². The van der Waals surface area contributed by atoms with Crippen LogP contribution in [0.15, 0.2) is 51.8 Å². The predicted octanol–water partition coefficient (Wildman–Crippen LogP) is 1.67. The van der Waals surface area contributed by atoms with Crippen LogP contribution < -0.4 is 16.3 Å². The number of pyridine rings is 1. The van der Waals surface area contributed by atoms with Crippen LogP contribution in [0.5, 0.6) is 0 Å². The lowest BCUT2D eigenvalue weighted by Crippen LogP contribution is -2.43. The highest BCUT2D eigenvalue weighted by Crippen LogP contribution is 2.13. The van der Waals surface area contributed by atoms with Crippen LogP contribution in [-0.2, 0) is 11.3 Å². The van der Waals surface area contributed by atoms with E-state index in [-0.39, 0.29) is 12.0 Å². The Morgan fingerprint density at radius 3 is 2.60 bits per heavy atom. The molecule has 0 bridgehead atoms. The molecule has 2 aromatic heterocycles. The molecule has 0 spiro atoms. The number of benzene rings is 1. The molecule has 7 heteroatoms. The molecule has 2 N–H and O–H groups in total. The fourth-order valence-corrected chi connectivity index (χ4v) is 2.64.